The van der Waals surface area contributed by atoms with Crippen LogP contribution < -0.4 is 10.6 Å². The smallest absolute Gasteiger partial charge is 0.408 e. The fraction of sp³-hybridized carbons (Fsp3) is 0.423. The molecule has 172 valence electrons. The highest BCUT2D eigenvalue weighted by Gasteiger charge is 2.50. The van der Waals surface area contributed by atoms with Gasteiger partial charge in [0.05, 0.1) is 5.92 Å². The lowest BCUT2D eigenvalue weighted by atomic mass is 9.79. The molecule has 33 heavy (non-hydrogen) atoms. The number of carbonyl (C=O) groups is 3. The highest BCUT2D eigenvalue weighted by atomic mass is 16.5. The number of alkyl carbamates (subject to hydrolysis) is 1. The average molecular weight is 449 g/mol. The lowest BCUT2D eigenvalue weighted by Crippen LogP contribution is -2.61. The molecule has 2 aromatic rings. The van der Waals surface area contributed by atoms with Crippen molar-refractivity contribution in [3.05, 3.63) is 59.7 Å². The molecule has 2 aromatic carbocycles. The summed E-state index contributed by atoms with van der Waals surface area (Å²) in [5.74, 6) is -1.51. The highest BCUT2D eigenvalue weighted by molar-refractivity contribution is 5.91. The van der Waals surface area contributed by atoms with Crippen LogP contribution in [0.2, 0.25) is 0 Å². The van der Waals surface area contributed by atoms with E-state index in [2.05, 4.69) is 34.9 Å². The van der Waals surface area contributed by atoms with Gasteiger partial charge in [-0.2, -0.15) is 0 Å². The molecule has 1 unspecified atom stereocenters. The molecule has 0 heterocycles. The molecule has 1 atom stereocenters. The van der Waals surface area contributed by atoms with E-state index in [9.17, 15) is 14.4 Å². The number of hydrogen-bond acceptors (Lipinski definition) is 4. The first-order chi connectivity index (χ1) is 15.9. The van der Waals surface area contributed by atoms with Gasteiger partial charge in [0.1, 0.15) is 12.1 Å². The predicted molar refractivity (Wildman–Crippen MR) is 122 cm³/mol. The van der Waals surface area contributed by atoms with Gasteiger partial charge in [0.2, 0.25) is 5.91 Å². The van der Waals surface area contributed by atoms with Gasteiger partial charge < -0.3 is 20.5 Å². The number of ether oxygens (including phenoxy) is 1. The SMILES string of the molecule is CC(NC(=O)OCC1c2ccccc2-c2ccccc21)(C(=O)NC1CC(C(=O)O)C1)C1CC1. The van der Waals surface area contributed by atoms with Crippen molar-refractivity contribution in [1.82, 2.24) is 10.6 Å². The van der Waals surface area contributed by atoms with Crippen LogP contribution in [0.1, 0.15) is 49.7 Å². The van der Waals surface area contributed by atoms with Gasteiger partial charge in [-0.1, -0.05) is 48.5 Å². The first kappa shape index (κ1) is 21.5. The van der Waals surface area contributed by atoms with Crippen molar-refractivity contribution in [2.45, 2.75) is 50.1 Å². The molecule has 0 saturated heterocycles. The molecule has 0 radical (unpaired) electrons. The highest BCUT2D eigenvalue weighted by Crippen LogP contribution is 2.45. The number of nitrogens with one attached hydrogen (secondary N) is 2. The van der Waals surface area contributed by atoms with Crippen LogP contribution in [0, 0.1) is 11.8 Å². The minimum absolute atomic E-state index is 0.0490. The van der Waals surface area contributed by atoms with Crippen LogP contribution >= 0.6 is 0 Å². The van der Waals surface area contributed by atoms with E-state index in [0.29, 0.717) is 12.8 Å². The van der Waals surface area contributed by atoms with Gasteiger partial charge in [-0.05, 0) is 60.8 Å². The van der Waals surface area contributed by atoms with Crippen molar-refractivity contribution in [3.63, 3.8) is 0 Å². The van der Waals surface area contributed by atoms with Crippen molar-refractivity contribution in [2.24, 2.45) is 11.8 Å². The average Bonchev–Trinajstić information content (AvgIpc) is 3.58. The monoisotopic (exact) mass is 448 g/mol. The van der Waals surface area contributed by atoms with E-state index in [1.807, 2.05) is 24.3 Å². The lowest BCUT2D eigenvalue weighted by Gasteiger charge is -2.37. The summed E-state index contributed by atoms with van der Waals surface area (Å²) in [7, 11) is 0. The molecule has 0 aliphatic heterocycles. The lowest BCUT2D eigenvalue weighted by molar-refractivity contribution is -0.146. The Morgan fingerprint density at radius 1 is 1.00 bits per heavy atom. The number of hydrogen-bond donors (Lipinski definition) is 3. The van der Waals surface area contributed by atoms with Gasteiger partial charge in [-0.3, -0.25) is 9.59 Å². The second kappa shape index (κ2) is 8.21. The molecule has 3 aliphatic carbocycles. The van der Waals surface area contributed by atoms with Crippen LogP contribution in [-0.2, 0) is 14.3 Å². The number of amides is 2. The quantitative estimate of drug-likeness (QED) is 0.599. The molecule has 3 N–H and O–H groups in total. The Morgan fingerprint density at radius 2 is 1.58 bits per heavy atom. The molecule has 3 aliphatic rings. The van der Waals surface area contributed by atoms with Crippen LogP contribution in [0.5, 0.6) is 0 Å². The standard InChI is InChI=1S/C26H28N2O5/c1-26(16-10-11-16,24(31)27-17-12-15(13-17)23(29)30)28-25(32)33-14-22-20-8-4-2-6-18(20)19-7-3-5-9-21(19)22/h2-9,15-17,22H,10-14H2,1H3,(H,27,31)(H,28,32)(H,29,30). The summed E-state index contributed by atoms with van der Waals surface area (Å²) in [5, 5.41) is 14.8. The molecule has 0 bridgehead atoms. The van der Waals surface area contributed by atoms with Crippen molar-refractivity contribution in [2.75, 3.05) is 6.61 Å². The minimum Gasteiger partial charge on any atom is -0.481 e. The van der Waals surface area contributed by atoms with E-state index in [-0.39, 0.29) is 30.4 Å². The Bertz CT molecular complexity index is 1060. The summed E-state index contributed by atoms with van der Waals surface area (Å²) >= 11 is 0. The second-order valence-electron chi connectivity index (χ2n) is 9.60. The third-order valence-electron chi connectivity index (χ3n) is 7.39. The van der Waals surface area contributed by atoms with Crippen molar-refractivity contribution < 1.29 is 24.2 Å². The molecule has 0 spiro atoms. The zero-order chi connectivity index (χ0) is 23.2. The Balaban J connectivity index is 1.23. The first-order valence-electron chi connectivity index (χ1n) is 11.5. The molecular weight excluding hydrogens is 420 g/mol. The summed E-state index contributed by atoms with van der Waals surface area (Å²) in [4.78, 5) is 36.8. The van der Waals surface area contributed by atoms with E-state index < -0.39 is 23.5 Å². The van der Waals surface area contributed by atoms with E-state index in [1.165, 1.54) is 0 Å². The van der Waals surface area contributed by atoms with E-state index in [4.69, 9.17) is 9.84 Å². The third-order valence-corrected chi connectivity index (χ3v) is 7.39. The summed E-state index contributed by atoms with van der Waals surface area (Å²) in [5.41, 5.74) is 3.50. The molecule has 2 saturated carbocycles. The van der Waals surface area contributed by atoms with Crippen LogP contribution in [-0.4, -0.2) is 41.3 Å². The Labute approximate surface area is 192 Å². The third kappa shape index (κ3) is 3.96. The van der Waals surface area contributed by atoms with Gasteiger partial charge in [0, 0.05) is 12.0 Å². The number of rotatable bonds is 7. The topological polar surface area (TPSA) is 105 Å². The van der Waals surface area contributed by atoms with E-state index >= 15 is 0 Å². The summed E-state index contributed by atoms with van der Waals surface area (Å²) in [6.07, 6.45) is 1.95. The maximum absolute atomic E-state index is 13.0. The largest absolute Gasteiger partial charge is 0.481 e. The molecular formula is C26H28N2O5. The molecule has 5 rings (SSSR count). The van der Waals surface area contributed by atoms with Gasteiger partial charge in [-0.25, -0.2) is 4.79 Å². The summed E-state index contributed by atoms with van der Waals surface area (Å²) in [6.45, 7) is 1.92. The number of benzene rings is 2. The molecule has 2 amide bonds. The fourth-order valence-corrected chi connectivity index (χ4v) is 5.12. The molecule has 0 aromatic heterocycles. The van der Waals surface area contributed by atoms with Crippen LogP contribution in [0.3, 0.4) is 0 Å². The summed E-state index contributed by atoms with van der Waals surface area (Å²) in [6, 6.07) is 16.1. The minimum atomic E-state index is -1.07. The summed E-state index contributed by atoms with van der Waals surface area (Å²) < 4.78 is 5.65. The van der Waals surface area contributed by atoms with E-state index in [0.717, 1.165) is 35.1 Å². The first-order valence-corrected chi connectivity index (χ1v) is 11.5. The molecule has 7 nitrogen and oxygen atoms in total. The number of aliphatic carboxylic acids is 1. The number of carbonyl (C=O) groups excluding carboxylic acids is 2. The number of fused-ring (bicyclic) bond motifs is 3. The van der Waals surface area contributed by atoms with Gasteiger partial charge in [0.25, 0.3) is 0 Å². The van der Waals surface area contributed by atoms with Gasteiger partial charge >= 0.3 is 12.1 Å². The molecule has 2 fully saturated rings. The second-order valence-corrected chi connectivity index (χ2v) is 9.60. The Kier molecular flexibility index (Phi) is 5.35. The zero-order valence-electron chi connectivity index (χ0n) is 18.5. The Hall–Kier alpha value is -3.35. The maximum Gasteiger partial charge on any atom is 0.408 e. The van der Waals surface area contributed by atoms with Crippen LogP contribution in [0.25, 0.3) is 11.1 Å². The van der Waals surface area contributed by atoms with E-state index in [1.54, 1.807) is 6.92 Å². The maximum atomic E-state index is 13.0. The van der Waals surface area contributed by atoms with Gasteiger partial charge in [-0.15, -0.1) is 0 Å². The fourth-order valence-electron chi connectivity index (χ4n) is 5.12. The zero-order valence-corrected chi connectivity index (χ0v) is 18.5. The van der Waals surface area contributed by atoms with Crippen molar-refractivity contribution in [1.29, 1.82) is 0 Å². The predicted octanol–water partition coefficient (Wildman–Crippen LogP) is 3.67. The number of carboxylic acid groups (broad SMARTS) is 1. The van der Waals surface area contributed by atoms with Crippen molar-refractivity contribution in [3.8, 4) is 11.1 Å². The normalized spacial score (nSPS) is 22.8. The number of carboxylic acids is 1. The van der Waals surface area contributed by atoms with Crippen LogP contribution in [0.4, 0.5) is 4.79 Å². The molecule has 7 heteroatoms. The Morgan fingerprint density at radius 3 is 2.12 bits per heavy atom. The van der Waals surface area contributed by atoms with Gasteiger partial charge in [0.15, 0.2) is 0 Å². The van der Waals surface area contributed by atoms with Crippen molar-refractivity contribution >= 4 is 18.0 Å². The van der Waals surface area contributed by atoms with Crippen LogP contribution in [0.15, 0.2) is 48.5 Å².